The molecule has 2 aromatic carbocycles. The van der Waals surface area contributed by atoms with Crippen molar-refractivity contribution < 1.29 is 4.92 Å². The zero-order valence-electron chi connectivity index (χ0n) is 10.3. The average molecular weight is 379 g/mol. The van der Waals surface area contributed by atoms with Crippen LogP contribution in [0.3, 0.4) is 0 Å². The van der Waals surface area contributed by atoms with Crippen molar-refractivity contribution >= 4 is 34.0 Å². The van der Waals surface area contributed by atoms with Crippen molar-refractivity contribution in [2.45, 2.75) is 6.54 Å². The van der Waals surface area contributed by atoms with Crippen molar-refractivity contribution in [1.29, 1.82) is 5.26 Å². The molecule has 20 heavy (non-hydrogen) atoms. The predicted octanol–water partition coefficient (Wildman–Crippen LogP) is 3.68. The first-order valence-corrected chi connectivity index (χ1v) is 6.85. The lowest BCUT2D eigenvalue weighted by molar-refractivity contribution is -0.384. The molecule has 0 aliphatic heterocycles. The molecule has 0 heterocycles. The Bertz CT molecular complexity index is 678. The van der Waals surface area contributed by atoms with Crippen molar-refractivity contribution in [3.05, 3.63) is 67.3 Å². The maximum atomic E-state index is 10.7. The Morgan fingerprint density at radius 1 is 1.25 bits per heavy atom. The first kappa shape index (κ1) is 14.3. The Balaban J connectivity index is 2.07. The fourth-order valence-corrected chi connectivity index (χ4v) is 2.34. The van der Waals surface area contributed by atoms with E-state index in [1.807, 2.05) is 12.1 Å². The quantitative estimate of drug-likeness (QED) is 0.499. The molecule has 6 heteroatoms. The Hall–Kier alpha value is -2.14. The largest absolute Gasteiger partial charge is 0.380 e. The fourth-order valence-electron chi connectivity index (χ4n) is 1.66. The highest BCUT2D eigenvalue weighted by atomic mass is 127. The molecule has 0 atom stereocenters. The molecule has 0 aliphatic rings. The summed E-state index contributed by atoms with van der Waals surface area (Å²) in [7, 11) is 0. The van der Waals surface area contributed by atoms with Gasteiger partial charge in [-0.1, -0.05) is 12.1 Å². The molecule has 2 rings (SSSR count). The molecule has 0 saturated carbocycles. The summed E-state index contributed by atoms with van der Waals surface area (Å²) < 4.78 is 0.797. The molecule has 2 aromatic rings. The van der Waals surface area contributed by atoms with Gasteiger partial charge in [0.15, 0.2) is 0 Å². The van der Waals surface area contributed by atoms with E-state index in [0.29, 0.717) is 12.1 Å². The van der Waals surface area contributed by atoms with Gasteiger partial charge in [-0.15, -0.1) is 0 Å². The molecular formula is C14H10IN3O2. The molecule has 5 nitrogen and oxygen atoms in total. The summed E-state index contributed by atoms with van der Waals surface area (Å²) in [6.45, 7) is 0.597. The van der Waals surface area contributed by atoms with Crippen molar-refractivity contribution in [3.8, 4) is 6.07 Å². The number of non-ortho nitro benzene ring substituents is 1. The molecule has 0 radical (unpaired) electrons. The molecule has 0 amide bonds. The Labute approximate surface area is 129 Å². The lowest BCUT2D eigenvalue weighted by atomic mass is 10.1. The minimum Gasteiger partial charge on any atom is -0.380 e. The number of benzene rings is 2. The highest BCUT2D eigenvalue weighted by Crippen LogP contribution is 2.24. The van der Waals surface area contributed by atoms with E-state index in [9.17, 15) is 10.1 Å². The van der Waals surface area contributed by atoms with E-state index < -0.39 is 4.92 Å². The van der Waals surface area contributed by atoms with Gasteiger partial charge in [-0.05, 0) is 46.4 Å². The average Bonchev–Trinajstić information content (AvgIpc) is 2.46. The number of nitro groups is 1. The number of anilines is 1. The van der Waals surface area contributed by atoms with E-state index in [4.69, 9.17) is 5.26 Å². The van der Waals surface area contributed by atoms with Crippen LogP contribution in [0.4, 0.5) is 11.4 Å². The number of hydrogen-bond donors (Lipinski definition) is 1. The van der Waals surface area contributed by atoms with Gasteiger partial charge in [0.25, 0.3) is 5.69 Å². The summed E-state index contributed by atoms with van der Waals surface area (Å²) in [5.41, 5.74) is 2.59. The molecule has 100 valence electrons. The number of hydrogen-bond acceptors (Lipinski definition) is 4. The van der Waals surface area contributed by atoms with Crippen LogP contribution >= 0.6 is 22.6 Å². The predicted molar refractivity (Wildman–Crippen MR) is 84.3 cm³/mol. The SMILES string of the molecule is N#Cc1ccc(CNc2ccc([N+](=O)[O-])cc2I)cc1. The van der Waals surface area contributed by atoms with Gasteiger partial charge in [0.05, 0.1) is 16.6 Å². The molecule has 0 aromatic heterocycles. The van der Waals surface area contributed by atoms with Gasteiger partial charge in [-0.3, -0.25) is 10.1 Å². The highest BCUT2D eigenvalue weighted by molar-refractivity contribution is 14.1. The van der Waals surface area contributed by atoms with Gasteiger partial charge in [0.2, 0.25) is 0 Å². The van der Waals surface area contributed by atoms with Crippen molar-refractivity contribution in [2.75, 3.05) is 5.32 Å². The lowest BCUT2D eigenvalue weighted by Crippen LogP contribution is -2.01. The van der Waals surface area contributed by atoms with Gasteiger partial charge in [-0.25, -0.2) is 0 Å². The van der Waals surface area contributed by atoms with Gasteiger partial charge in [0, 0.05) is 27.9 Å². The summed E-state index contributed by atoms with van der Waals surface area (Å²) in [5.74, 6) is 0. The lowest BCUT2D eigenvalue weighted by Gasteiger charge is -2.08. The summed E-state index contributed by atoms with van der Waals surface area (Å²) in [6.07, 6.45) is 0. The number of halogens is 1. The van der Waals surface area contributed by atoms with Crippen LogP contribution in [-0.2, 0) is 6.54 Å². The van der Waals surface area contributed by atoms with E-state index in [2.05, 4.69) is 34.0 Å². The summed E-state index contributed by atoms with van der Waals surface area (Å²) >= 11 is 2.06. The topological polar surface area (TPSA) is 79.0 Å². The number of nitro benzene ring substituents is 1. The van der Waals surface area contributed by atoms with E-state index in [0.717, 1.165) is 14.8 Å². The minimum atomic E-state index is -0.410. The van der Waals surface area contributed by atoms with E-state index in [-0.39, 0.29) is 5.69 Å². The fraction of sp³-hybridized carbons (Fsp3) is 0.0714. The Morgan fingerprint density at radius 2 is 1.95 bits per heavy atom. The van der Waals surface area contributed by atoms with E-state index in [1.165, 1.54) is 12.1 Å². The van der Waals surface area contributed by atoms with Gasteiger partial charge in [-0.2, -0.15) is 5.26 Å². The number of nitrogens with one attached hydrogen (secondary N) is 1. The van der Waals surface area contributed by atoms with Crippen LogP contribution in [0.2, 0.25) is 0 Å². The van der Waals surface area contributed by atoms with Crippen LogP contribution < -0.4 is 5.32 Å². The standard InChI is InChI=1S/C14H10IN3O2/c15-13-7-12(18(19)20)5-6-14(13)17-9-11-3-1-10(8-16)2-4-11/h1-7,17H,9H2. The van der Waals surface area contributed by atoms with Crippen LogP contribution in [0.25, 0.3) is 0 Å². The van der Waals surface area contributed by atoms with Crippen LogP contribution in [-0.4, -0.2) is 4.92 Å². The van der Waals surface area contributed by atoms with Crippen molar-refractivity contribution in [2.24, 2.45) is 0 Å². The highest BCUT2D eigenvalue weighted by Gasteiger charge is 2.08. The third-order valence-electron chi connectivity index (χ3n) is 2.73. The first-order valence-electron chi connectivity index (χ1n) is 5.77. The second kappa shape index (κ2) is 6.34. The first-order chi connectivity index (χ1) is 9.60. The summed E-state index contributed by atoms with van der Waals surface area (Å²) in [6, 6.07) is 14.1. The zero-order valence-corrected chi connectivity index (χ0v) is 12.5. The van der Waals surface area contributed by atoms with E-state index in [1.54, 1.807) is 18.2 Å². The summed E-state index contributed by atoms with van der Waals surface area (Å²) in [4.78, 5) is 10.2. The van der Waals surface area contributed by atoms with Crippen LogP contribution in [0.15, 0.2) is 42.5 Å². The molecule has 0 spiro atoms. The summed E-state index contributed by atoms with van der Waals surface area (Å²) in [5, 5.41) is 22.6. The third-order valence-corrected chi connectivity index (χ3v) is 3.62. The van der Waals surface area contributed by atoms with Gasteiger partial charge < -0.3 is 5.32 Å². The molecule has 0 unspecified atom stereocenters. The Morgan fingerprint density at radius 3 is 2.50 bits per heavy atom. The maximum Gasteiger partial charge on any atom is 0.270 e. The Kier molecular flexibility index (Phi) is 4.53. The molecule has 0 aliphatic carbocycles. The van der Waals surface area contributed by atoms with Crippen molar-refractivity contribution in [1.82, 2.24) is 0 Å². The number of rotatable bonds is 4. The van der Waals surface area contributed by atoms with E-state index >= 15 is 0 Å². The zero-order chi connectivity index (χ0) is 14.5. The third kappa shape index (κ3) is 3.45. The second-order valence-electron chi connectivity index (χ2n) is 4.08. The smallest absolute Gasteiger partial charge is 0.270 e. The molecule has 0 saturated heterocycles. The molecule has 0 fully saturated rings. The number of nitriles is 1. The molecule has 0 bridgehead atoms. The van der Waals surface area contributed by atoms with Crippen LogP contribution in [0.5, 0.6) is 0 Å². The monoisotopic (exact) mass is 379 g/mol. The van der Waals surface area contributed by atoms with Crippen molar-refractivity contribution in [3.63, 3.8) is 0 Å². The van der Waals surface area contributed by atoms with Gasteiger partial charge in [0.1, 0.15) is 0 Å². The molecule has 1 N–H and O–H groups in total. The number of nitrogens with zero attached hydrogens (tertiary/aromatic N) is 2. The molecular weight excluding hydrogens is 369 g/mol. The van der Waals surface area contributed by atoms with Crippen LogP contribution in [0, 0.1) is 25.0 Å². The normalized spacial score (nSPS) is 9.80. The second-order valence-corrected chi connectivity index (χ2v) is 5.25. The maximum absolute atomic E-state index is 10.7. The van der Waals surface area contributed by atoms with Gasteiger partial charge >= 0.3 is 0 Å². The minimum absolute atomic E-state index is 0.0818. The van der Waals surface area contributed by atoms with Crippen LogP contribution in [0.1, 0.15) is 11.1 Å².